The Morgan fingerprint density at radius 2 is 1.64 bits per heavy atom. The van der Waals surface area contributed by atoms with Crippen molar-refractivity contribution in [1.82, 2.24) is 5.43 Å². The van der Waals surface area contributed by atoms with Gasteiger partial charge in [-0.1, -0.05) is 19.1 Å². The third-order valence-electron chi connectivity index (χ3n) is 3.83. The molecule has 0 aliphatic carbocycles. The quantitative estimate of drug-likeness (QED) is 0.656. The third-order valence-corrected chi connectivity index (χ3v) is 3.83. The molecule has 0 unspecified atom stereocenters. The minimum Gasteiger partial charge on any atom is -0.280 e. The SMILES string of the molecule is CCc1ccc(C(=O)NN(c2ccc([N+](=O)[O-])cc2)C(C)(C)C)cc1. The highest BCUT2D eigenvalue weighted by molar-refractivity contribution is 5.95. The van der Waals surface area contributed by atoms with Crippen LogP contribution in [0.2, 0.25) is 0 Å². The van der Waals surface area contributed by atoms with Crippen molar-refractivity contribution in [1.29, 1.82) is 0 Å². The summed E-state index contributed by atoms with van der Waals surface area (Å²) in [5.74, 6) is -0.226. The lowest BCUT2D eigenvalue weighted by Crippen LogP contribution is -2.53. The number of carbonyl (C=O) groups is 1. The monoisotopic (exact) mass is 341 g/mol. The number of nitrogens with one attached hydrogen (secondary N) is 1. The van der Waals surface area contributed by atoms with Crippen LogP contribution >= 0.6 is 0 Å². The van der Waals surface area contributed by atoms with Gasteiger partial charge in [-0.3, -0.25) is 25.3 Å². The second-order valence-corrected chi connectivity index (χ2v) is 6.77. The summed E-state index contributed by atoms with van der Waals surface area (Å²) in [5, 5.41) is 12.5. The number of anilines is 1. The number of nitro benzene ring substituents is 1. The first-order valence-electron chi connectivity index (χ1n) is 8.17. The van der Waals surface area contributed by atoms with Crippen molar-refractivity contribution in [3.8, 4) is 0 Å². The van der Waals surface area contributed by atoms with E-state index in [2.05, 4.69) is 12.3 Å². The fourth-order valence-corrected chi connectivity index (χ4v) is 2.40. The van der Waals surface area contributed by atoms with E-state index >= 15 is 0 Å². The van der Waals surface area contributed by atoms with Crippen LogP contribution in [0, 0.1) is 10.1 Å². The number of nitro groups is 1. The Labute approximate surface area is 147 Å². The molecule has 1 N–H and O–H groups in total. The number of nitrogens with zero attached hydrogens (tertiary/aromatic N) is 2. The summed E-state index contributed by atoms with van der Waals surface area (Å²) in [7, 11) is 0. The molecule has 0 saturated heterocycles. The first-order chi connectivity index (χ1) is 11.7. The third kappa shape index (κ3) is 4.56. The molecule has 2 aromatic rings. The van der Waals surface area contributed by atoms with Crippen LogP contribution in [0.1, 0.15) is 43.6 Å². The Hall–Kier alpha value is -2.89. The summed E-state index contributed by atoms with van der Waals surface area (Å²) >= 11 is 0. The second kappa shape index (κ2) is 7.34. The summed E-state index contributed by atoms with van der Waals surface area (Å²) in [6.07, 6.45) is 0.915. The number of benzene rings is 2. The highest BCUT2D eigenvalue weighted by atomic mass is 16.6. The van der Waals surface area contributed by atoms with Gasteiger partial charge < -0.3 is 0 Å². The molecule has 0 atom stereocenters. The van der Waals surface area contributed by atoms with E-state index in [1.54, 1.807) is 29.3 Å². The van der Waals surface area contributed by atoms with E-state index in [1.165, 1.54) is 17.7 Å². The first kappa shape index (κ1) is 18.4. The molecule has 0 saturated carbocycles. The molecule has 2 aromatic carbocycles. The van der Waals surface area contributed by atoms with Crippen molar-refractivity contribution in [2.75, 3.05) is 5.01 Å². The maximum Gasteiger partial charge on any atom is 0.269 e. The van der Waals surface area contributed by atoms with Crippen LogP contribution in [0.15, 0.2) is 48.5 Å². The minimum atomic E-state index is -0.445. The molecule has 0 heterocycles. The van der Waals surface area contributed by atoms with Gasteiger partial charge in [-0.25, -0.2) is 0 Å². The molecule has 2 rings (SSSR count). The molecule has 6 heteroatoms. The van der Waals surface area contributed by atoms with Crippen molar-refractivity contribution >= 4 is 17.3 Å². The zero-order valence-corrected chi connectivity index (χ0v) is 14.9. The number of hydrogen-bond donors (Lipinski definition) is 1. The standard InChI is InChI=1S/C19H23N3O3/c1-5-14-6-8-15(9-7-14)18(23)20-21(19(2,3)4)16-10-12-17(13-11-16)22(24)25/h6-13H,5H2,1-4H3,(H,20,23). The highest BCUT2D eigenvalue weighted by Crippen LogP contribution is 2.24. The lowest BCUT2D eigenvalue weighted by atomic mass is 10.1. The maximum absolute atomic E-state index is 12.6. The van der Waals surface area contributed by atoms with Crippen molar-refractivity contribution in [2.45, 2.75) is 39.7 Å². The van der Waals surface area contributed by atoms with Crippen molar-refractivity contribution in [3.05, 3.63) is 69.8 Å². The minimum absolute atomic E-state index is 0.0130. The van der Waals surface area contributed by atoms with E-state index in [9.17, 15) is 14.9 Å². The highest BCUT2D eigenvalue weighted by Gasteiger charge is 2.24. The van der Waals surface area contributed by atoms with Gasteiger partial charge in [0, 0.05) is 17.7 Å². The largest absolute Gasteiger partial charge is 0.280 e. The molecule has 132 valence electrons. The smallest absolute Gasteiger partial charge is 0.269 e. The Morgan fingerprint density at radius 1 is 1.08 bits per heavy atom. The Morgan fingerprint density at radius 3 is 2.08 bits per heavy atom. The molecule has 6 nitrogen and oxygen atoms in total. The number of hydrogen-bond acceptors (Lipinski definition) is 4. The summed E-state index contributed by atoms with van der Waals surface area (Å²) in [6, 6.07) is 13.6. The van der Waals surface area contributed by atoms with E-state index in [0.717, 1.165) is 6.42 Å². The summed E-state index contributed by atoms with van der Waals surface area (Å²) < 4.78 is 0. The average Bonchev–Trinajstić information content (AvgIpc) is 2.58. The number of amides is 1. The average molecular weight is 341 g/mol. The number of rotatable bonds is 5. The number of carbonyl (C=O) groups excluding carboxylic acids is 1. The maximum atomic E-state index is 12.6. The van der Waals surface area contributed by atoms with Crippen molar-refractivity contribution in [2.24, 2.45) is 0 Å². The van der Waals surface area contributed by atoms with Crippen LogP contribution in [0.4, 0.5) is 11.4 Å². The van der Waals surface area contributed by atoms with Crippen LogP contribution < -0.4 is 10.4 Å². The topological polar surface area (TPSA) is 75.5 Å². The molecule has 0 aliphatic rings. The van der Waals surface area contributed by atoms with E-state index in [4.69, 9.17) is 0 Å². The second-order valence-electron chi connectivity index (χ2n) is 6.77. The van der Waals surface area contributed by atoms with Gasteiger partial charge in [0.15, 0.2) is 0 Å². The Kier molecular flexibility index (Phi) is 5.41. The molecular weight excluding hydrogens is 318 g/mol. The fraction of sp³-hybridized carbons (Fsp3) is 0.316. The lowest BCUT2D eigenvalue weighted by molar-refractivity contribution is -0.384. The van der Waals surface area contributed by atoms with Crippen LogP contribution in [0.3, 0.4) is 0 Å². The van der Waals surface area contributed by atoms with Gasteiger partial charge in [0.2, 0.25) is 0 Å². The molecule has 0 aromatic heterocycles. The molecule has 0 bridgehead atoms. The molecule has 0 aliphatic heterocycles. The normalized spacial score (nSPS) is 11.0. The van der Waals surface area contributed by atoms with Crippen LogP contribution in [-0.2, 0) is 6.42 Å². The predicted molar refractivity (Wildman–Crippen MR) is 98.6 cm³/mol. The number of aryl methyl sites for hydroxylation is 1. The fourth-order valence-electron chi connectivity index (χ4n) is 2.40. The number of non-ortho nitro benzene ring substituents is 1. The van der Waals surface area contributed by atoms with Crippen LogP contribution in [-0.4, -0.2) is 16.4 Å². The van der Waals surface area contributed by atoms with Gasteiger partial charge in [-0.2, -0.15) is 0 Å². The molecule has 0 spiro atoms. The van der Waals surface area contributed by atoms with Crippen molar-refractivity contribution < 1.29 is 9.72 Å². The molecule has 1 amide bonds. The predicted octanol–water partition coefficient (Wildman–Crippen LogP) is 4.11. The zero-order chi connectivity index (χ0) is 18.6. The molecule has 0 radical (unpaired) electrons. The molecule has 25 heavy (non-hydrogen) atoms. The van der Waals surface area contributed by atoms with Gasteiger partial charge >= 0.3 is 0 Å². The summed E-state index contributed by atoms with van der Waals surface area (Å²) in [4.78, 5) is 23.0. The van der Waals surface area contributed by atoms with Crippen LogP contribution in [0.25, 0.3) is 0 Å². The molecule has 0 fully saturated rings. The lowest BCUT2D eigenvalue weighted by Gasteiger charge is -2.37. The Balaban J connectivity index is 2.25. The van der Waals surface area contributed by atoms with E-state index in [0.29, 0.717) is 11.3 Å². The van der Waals surface area contributed by atoms with Crippen molar-refractivity contribution in [3.63, 3.8) is 0 Å². The first-order valence-corrected chi connectivity index (χ1v) is 8.17. The van der Waals surface area contributed by atoms with Gasteiger partial charge in [0.05, 0.1) is 16.1 Å². The summed E-state index contributed by atoms with van der Waals surface area (Å²) in [6.45, 7) is 7.92. The molecular formula is C19H23N3O3. The Bertz CT molecular complexity index is 747. The van der Waals surface area contributed by atoms with E-state index in [-0.39, 0.29) is 11.6 Å². The number of hydrazine groups is 1. The van der Waals surface area contributed by atoms with E-state index in [1.807, 2.05) is 32.9 Å². The zero-order valence-electron chi connectivity index (χ0n) is 14.9. The summed E-state index contributed by atoms with van der Waals surface area (Å²) in [5.41, 5.74) is 4.91. The van der Waals surface area contributed by atoms with Gasteiger partial charge in [-0.15, -0.1) is 0 Å². The van der Waals surface area contributed by atoms with Gasteiger partial charge in [0.1, 0.15) is 0 Å². The van der Waals surface area contributed by atoms with E-state index < -0.39 is 10.5 Å². The van der Waals surface area contributed by atoms with Gasteiger partial charge in [-0.05, 0) is 57.0 Å². The van der Waals surface area contributed by atoms with Gasteiger partial charge in [0.25, 0.3) is 11.6 Å². The van der Waals surface area contributed by atoms with Crippen LogP contribution in [0.5, 0.6) is 0 Å².